The molecule has 1 aliphatic heterocycles. The molecular weight excluding hydrogens is 264 g/mol. The van der Waals surface area contributed by atoms with Crippen molar-refractivity contribution in [2.75, 3.05) is 50.9 Å². The van der Waals surface area contributed by atoms with Gasteiger partial charge in [-0.3, -0.25) is 4.90 Å². The molecule has 19 heavy (non-hydrogen) atoms. The standard InChI is InChI=1S/C13H28N2O3S/c1-3-6-14-11-13-12-18-9-8-15(13)7-5-10-19(16,17)4-2/h13-14H,3-12H2,1-2H3. The maximum absolute atomic E-state index is 11.5. The van der Waals surface area contributed by atoms with Crippen LogP contribution in [0, 0.1) is 0 Å². The van der Waals surface area contributed by atoms with E-state index >= 15 is 0 Å². The van der Waals surface area contributed by atoms with Crippen molar-refractivity contribution >= 4 is 9.84 Å². The fourth-order valence-electron chi connectivity index (χ4n) is 2.25. The summed E-state index contributed by atoms with van der Waals surface area (Å²) >= 11 is 0. The number of ether oxygens (including phenoxy) is 1. The number of sulfone groups is 1. The molecule has 1 fully saturated rings. The van der Waals surface area contributed by atoms with Crippen LogP contribution in [0.4, 0.5) is 0 Å². The van der Waals surface area contributed by atoms with Crippen LogP contribution in [0.15, 0.2) is 0 Å². The van der Waals surface area contributed by atoms with Crippen molar-refractivity contribution in [3.8, 4) is 0 Å². The Morgan fingerprint density at radius 2 is 2.16 bits per heavy atom. The molecule has 1 aliphatic rings. The molecule has 1 unspecified atom stereocenters. The quantitative estimate of drug-likeness (QED) is 0.628. The lowest BCUT2D eigenvalue weighted by Crippen LogP contribution is -2.50. The first-order valence-corrected chi connectivity index (χ1v) is 9.14. The second kappa shape index (κ2) is 8.89. The Morgan fingerprint density at radius 1 is 1.37 bits per heavy atom. The molecule has 0 spiro atoms. The van der Waals surface area contributed by atoms with E-state index in [0.29, 0.717) is 11.8 Å². The van der Waals surface area contributed by atoms with E-state index in [1.54, 1.807) is 6.92 Å². The predicted octanol–water partition coefficient (Wildman–Crippen LogP) is 0.512. The van der Waals surface area contributed by atoms with Crippen LogP contribution in [0.25, 0.3) is 0 Å². The number of morpholine rings is 1. The van der Waals surface area contributed by atoms with Crippen LogP contribution >= 0.6 is 0 Å². The van der Waals surface area contributed by atoms with Gasteiger partial charge in [-0.15, -0.1) is 0 Å². The van der Waals surface area contributed by atoms with E-state index in [2.05, 4.69) is 17.1 Å². The number of hydrogen-bond acceptors (Lipinski definition) is 5. The lowest BCUT2D eigenvalue weighted by atomic mass is 10.2. The van der Waals surface area contributed by atoms with Gasteiger partial charge < -0.3 is 10.1 Å². The van der Waals surface area contributed by atoms with Crippen molar-refractivity contribution in [1.82, 2.24) is 10.2 Å². The SMILES string of the molecule is CCCNCC1COCCN1CCCS(=O)(=O)CC. The molecule has 1 heterocycles. The Hall–Kier alpha value is -0.170. The van der Waals surface area contributed by atoms with Gasteiger partial charge in [-0.1, -0.05) is 13.8 Å². The summed E-state index contributed by atoms with van der Waals surface area (Å²) in [5, 5.41) is 3.41. The van der Waals surface area contributed by atoms with Crippen LogP contribution < -0.4 is 5.32 Å². The Kier molecular flexibility index (Phi) is 7.90. The lowest BCUT2D eigenvalue weighted by Gasteiger charge is -2.35. The van der Waals surface area contributed by atoms with Crippen LogP contribution in [-0.2, 0) is 14.6 Å². The van der Waals surface area contributed by atoms with Crippen LogP contribution in [0.5, 0.6) is 0 Å². The van der Waals surface area contributed by atoms with Gasteiger partial charge in [-0.25, -0.2) is 8.42 Å². The smallest absolute Gasteiger partial charge is 0.150 e. The third-order valence-corrected chi connectivity index (χ3v) is 5.29. The highest BCUT2D eigenvalue weighted by atomic mass is 32.2. The van der Waals surface area contributed by atoms with Crippen molar-refractivity contribution < 1.29 is 13.2 Å². The van der Waals surface area contributed by atoms with Crippen LogP contribution in [0.3, 0.4) is 0 Å². The first kappa shape index (κ1) is 16.9. The molecule has 114 valence electrons. The van der Waals surface area contributed by atoms with Crippen LogP contribution in [0.2, 0.25) is 0 Å². The molecule has 1 atom stereocenters. The molecule has 0 saturated carbocycles. The first-order chi connectivity index (χ1) is 9.09. The van der Waals surface area contributed by atoms with Crippen molar-refractivity contribution in [2.24, 2.45) is 0 Å². The molecular formula is C13H28N2O3S. The van der Waals surface area contributed by atoms with E-state index in [4.69, 9.17) is 4.74 Å². The summed E-state index contributed by atoms with van der Waals surface area (Å²) in [6, 6.07) is 0.379. The zero-order valence-corrected chi connectivity index (χ0v) is 13.0. The van der Waals surface area contributed by atoms with Gasteiger partial charge in [0.2, 0.25) is 0 Å². The van der Waals surface area contributed by atoms with Gasteiger partial charge in [-0.05, 0) is 25.9 Å². The van der Waals surface area contributed by atoms with Crippen molar-refractivity contribution in [3.05, 3.63) is 0 Å². The van der Waals surface area contributed by atoms with Gasteiger partial charge >= 0.3 is 0 Å². The monoisotopic (exact) mass is 292 g/mol. The highest BCUT2D eigenvalue weighted by Gasteiger charge is 2.22. The summed E-state index contributed by atoms with van der Waals surface area (Å²) in [5.41, 5.74) is 0. The van der Waals surface area contributed by atoms with Crippen molar-refractivity contribution in [2.45, 2.75) is 32.7 Å². The summed E-state index contributed by atoms with van der Waals surface area (Å²) in [4.78, 5) is 2.36. The highest BCUT2D eigenvalue weighted by Crippen LogP contribution is 2.08. The summed E-state index contributed by atoms with van der Waals surface area (Å²) in [6.07, 6.45) is 1.85. The molecule has 1 rings (SSSR count). The van der Waals surface area contributed by atoms with Crippen LogP contribution in [-0.4, -0.2) is 70.3 Å². The van der Waals surface area contributed by atoms with Crippen molar-refractivity contribution in [1.29, 1.82) is 0 Å². The van der Waals surface area contributed by atoms with Crippen LogP contribution in [0.1, 0.15) is 26.7 Å². The number of rotatable bonds is 9. The van der Waals surface area contributed by atoms with E-state index in [0.717, 1.165) is 52.2 Å². The first-order valence-electron chi connectivity index (χ1n) is 7.32. The largest absolute Gasteiger partial charge is 0.378 e. The molecule has 6 heteroatoms. The van der Waals surface area contributed by atoms with E-state index in [-0.39, 0.29) is 5.75 Å². The molecule has 5 nitrogen and oxygen atoms in total. The van der Waals surface area contributed by atoms with Gasteiger partial charge in [0.25, 0.3) is 0 Å². The summed E-state index contributed by atoms with van der Waals surface area (Å²) < 4.78 is 28.5. The summed E-state index contributed by atoms with van der Waals surface area (Å²) in [6.45, 7) is 9.07. The second-order valence-corrected chi connectivity index (χ2v) is 7.53. The van der Waals surface area contributed by atoms with E-state index in [1.165, 1.54) is 0 Å². The van der Waals surface area contributed by atoms with E-state index < -0.39 is 9.84 Å². The Morgan fingerprint density at radius 3 is 2.84 bits per heavy atom. The topological polar surface area (TPSA) is 58.6 Å². The molecule has 1 saturated heterocycles. The minimum atomic E-state index is -2.83. The van der Waals surface area contributed by atoms with Gasteiger partial charge in [-0.2, -0.15) is 0 Å². The predicted molar refractivity (Wildman–Crippen MR) is 78.3 cm³/mol. The number of hydrogen-bond donors (Lipinski definition) is 1. The summed E-state index contributed by atoms with van der Waals surface area (Å²) in [5.74, 6) is 0.549. The zero-order chi connectivity index (χ0) is 14.1. The molecule has 0 aromatic rings. The zero-order valence-electron chi connectivity index (χ0n) is 12.2. The molecule has 0 aromatic heterocycles. The summed E-state index contributed by atoms with van der Waals surface area (Å²) in [7, 11) is -2.83. The molecule has 0 radical (unpaired) electrons. The van der Waals surface area contributed by atoms with Gasteiger partial charge in [0.1, 0.15) is 9.84 Å². The van der Waals surface area contributed by atoms with E-state index in [1.807, 2.05) is 0 Å². The highest BCUT2D eigenvalue weighted by molar-refractivity contribution is 7.91. The maximum atomic E-state index is 11.5. The minimum absolute atomic E-state index is 0.248. The molecule has 0 aliphatic carbocycles. The lowest BCUT2D eigenvalue weighted by molar-refractivity contribution is -0.00645. The van der Waals surface area contributed by atoms with Gasteiger partial charge in [0.15, 0.2) is 0 Å². The normalized spacial score (nSPS) is 21.7. The average molecular weight is 292 g/mol. The maximum Gasteiger partial charge on any atom is 0.150 e. The molecule has 0 amide bonds. The number of nitrogens with one attached hydrogen (secondary N) is 1. The molecule has 1 N–H and O–H groups in total. The Labute approximate surface area is 117 Å². The average Bonchev–Trinajstić information content (AvgIpc) is 2.41. The third kappa shape index (κ3) is 6.70. The molecule has 0 bridgehead atoms. The van der Waals surface area contributed by atoms with Crippen molar-refractivity contribution in [3.63, 3.8) is 0 Å². The minimum Gasteiger partial charge on any atom is -0.378 e. The second-order valence-electron chi connectivity index (χ2n) is 5.06. The van der Waals surface area contributed by atoms with Gasteiger partial charge in [0, 0.05) is 24.9 Å². The van der Waals surface area contributed by atoms with Gasteiger partial charge in [0.05, 0.1) is 19.0 Å². The third-order valence-electron chi connectivity index (χ3n) is 3.50. The fourth-order valence-corrected chi connectivity index (χ4v) is 3.11. The molecule has 0 aromatic carbocycles. The Balaban J connectivity index is 2.31. The van der Waals surface area contributed by atoms with E-state index in [9.17, 15) is 8.42 Å². The Bertz CT molecular complexity index is 333. The fraction of sp³-hybridized carbons (Fsp3) is 1.00. The number of nitrogens with zero attached hydrogens (tertiary/aromatic N) is 1.